The average molecular weight is 294 g/mol. The minimum atomic E-state index is -0.943. The molecule has 1 aliphatic rings. The van der Waals surface area contributed by atoms with E-state index in [4.69, 9.17) is 5.73 Å². The first-order chi connectivity index (χ1) is 9.58. The van der Waals surface area contributed by atoms with Gasteiger partial charge in [-0.25, -0.2) is 4.79 Å². The maximum Gasteiger partial charge on any atom is 0.337 e. The van der Waals surface area contributed by atoms with Gasteiger partial charge in [0, 0.05) is 11.3 Å². The van der Waals surface area contributed by atoms with Gasteiger partial charge in [0.15, 0.2) is 0 Å². The maximum atomic E-state index is 11.3. The molecule has 110 valence electrons. The summed E-state index contributed by atoms with van der Waals surface area (Å²) < 4.78 is 0.205. The number of aromatic carboxylic acids is 1. The fourth-order valence-corrected chi connectivity index (χ4v) is 3.76. The van der Waals surface area contributed by atoms with Crippen LogP contribution in [-0.4, -0.2) is 28.6 Å². The topological polar surface area (TPSA) is 75.3 Å². The van der Waals surface area contributed by atoms with Crippen LogP contribution in [0.2, 0.25) is 0 Å². The molecule has 1 aromatic rings. The van der Waals surface area contributed by atoms with Gasteiger partial charge in [0.1, 0.15) is 0 Å². The number of anilines is 2. The molecule has 4 N–H and O–H groups in total. The predicted octanol–water partition coefficient (Wildman–Crippen LogP) is 3.44. The van der Waals surface area contributed by atoms with Gasteiger partial charge in [-0.2, -0.15) is 11.8 Å². The number of nitrogens with two attached hydrogens (primary N) is 1. The van der Waals surface area contributed by atoms with E-state index in [9.17, 15) is 9.90 Å². The van der Waals surface area contributed by atoms with Crippen LogP contribution < -0.4 is 11.1 Å². The van der Waals surface area contributed by atoms with E-state index in [-0.39, 0.29) is 10.3 Å². The third-order valence-corrected chi connectivity index (χ3v) is 5.53. The molecule has 0 spiro atoms. The fourth-order valence-electron chi connectivity index (χ4n) is 2.84. The summed E-state index contributed by atoms with van der Waals surface area (Å²) >= 11 is 1.88. The highest BCUT2D eigenvalue weighted by molar-refractivity contribution is 8.00. The van der Waals surface area contributed by atoms with Crippen molar-refractivity contribution >= 4 is 29.1 Å². The minimum absolute atomic E-state index is 0.205. The Morgan fingerprint density at radius 2 is 2.10 bits per heavy atom. The number of hydrogen-bond acceptors (Lipinski definition) is 4. The van der Waals surface area contributed by atoms with Crippen LogP contribution in [0.15, 0.2) is 18.2 Å². The Morgan fingerprint density at radius 3 is 2.70 bits per heavy atom. The van der Waals surface area contributed by atoms with E-state index >= 15 is 0 Å². The van der Waals surface area contributed by atoms with Crippen molar-refractivity contribution in [2.45, 2.75) is 36.9 Å². The van der Waals surface area contributed by atoms with Crippen molar-refractivity contribution in [2.24, 2.45) is 0 Å². The summed E-state index contributed by atoms with van der Waals surface area (Å²) in [6.45, 7) is 0.767. The Kier molecular flexibility index (Phi) is 4.81. The molecule has 1 fully saturated rings. The van der Waals surface area contributed by atoms with Gasteiger partial charge in [0.2, 0.25) is 0 Å². The largest absolute Gasteiger partial charge is 0.478 e. The van der Waals surface area contributed by atoms with Crippen LogP contribution in [-0.2, 0) is 0 Å². The molecule has 1 aliphatic carbocycles. The van der Waals surface area contributed by atoms with Gasteiger partial charge in [-0.3, -0.25) is 0 Å². The highest BCUT2D eigenvalue weighted by Gasteiger charge is 2.31. The van der Waals surface area contributed by atoms with Crippen LogP contribution in [0.5, 0.6) is 0 Å². The van der Waals surface area contributed by atoms with E-state index in [1.54, 1.807) is 18.2 Å². The van der Waals surface area contributed by atoms with Crippen molar-refractivity contribution in [3.63, 3.8) is 0 Å². The van der Waals surface area contributed by atoms with Gasteiger partial charge >= 0.3 is 5.97 Å². The first-order valence-electron chi connectivity index (χ1n) is 6.99. The number of benzene rings is 1. The van der Waals surface area contributed by atoms with E-state index in [1.807, 2.05) is 11.8 Å². The SMILES string of the molecule is CSC1(CNc2c(N)cccc2C(=O)O)CCCCC1. The Labute approximate surface area is 124 Å². The number of carboxylic acids is 1. The second-order valence-electron chi connectivity index (χ2n) is 5.38. The molecule has 0 heterocycles. The highest BCUT2D eigenvalue weighted by Crippen LogP contribution is 2.39. The lowest BCUT2D eigenvalue weighted by molar-refractivity contribution is 0.0698. The van der Waals surface area contributed by atoms with Gasteiger partial charge in [-0.15, -0.1) is 0 Å². The highest BCUT2D eigenvalue weighted by atomic mass is 32.2. The lowest BCUT2D eigenvalue weighted by Gasteiger charge is -2.36. The van der Waals surface area contributed by atoms with Gasteiger partial charge in [-0.05, 0) is 31.2 Å². The summed E-state index contributed by atoms with van der Waals surface area (Å²) in [6, 6.07) is 5.00. The monoisotopic (exact) mass is 294 g/mol. The molecule has 1 saturated carbocycles. The van der Waals surface area contributed by atoms with Gasteiger partial charge in [0.05, 0.1) is 16.9 Å². The van der Waals surface area contributed by atoms with E-state index < -0.39 is 5.97 Å². The molecule has 2 rings (SSSR count). The van der Waals surface area contributed by atoms with Crippen LogP contribution in [0.1, 0.15) is 42.5 Å². The fraction of sp³-hybridized carbons (Fsp3) is 0.533. The summed E-state index contributed by atoms with van der Waals surface area (Å²) in [5.74, 6) is -0.943. The van der Waals surface area contributed by atoms with Crippen LogP contribution in [0, 0.1) is 0 Å². The minimum Gasteiger partial charge on any atom is -0.478 e. The predicted molar refractivity (Wildman–Crippen MR) is 85.6 cm³/mol. The van der Waals surface area contributed by atoms with E-state index in [0.29, 0.717) is 11.4 Å². The lowest BCUT2D eigenvalue weighted by Crippen LogP contribution is -2.36. The first kappa shape index (κ1) is 15.0. The smallest absolute Gasteiger partial charge is 0.337 e. The Bertz CT molecular complexity index is 485. The van der Waals surface area contributed by atoms with Crippen LogP contribution in [0.25, 0.3) is 0 Å². The molecule has 4 nitrogen and oxygen atoms in total. The number of nitrogens with one attached hydrogen (secondary N) is 1. The van der Waals surface area contributed by atoms with Gasteiger partial charge in [0.25, 0.3) is 0 Å². The molecule has 0 aromatic heterocycles. The molecule has 0 bridgehead atoms. The maximum absolute atomic E-state index is 11.3. The van der Waals surface area contributed by atoms with Crippen LogP contribution in [0.4, 0.5) is 11.4 Å². The number of carbonyl (C=O) groups is 1. The van der Waals surface area contributed by atoms with Crippen LogP contribution >= 0.6 is 11.8 Å². The molecule has 20 heavy (non-hydrogen) atoms. The Morgan fingerprint density at radius 1 is 1.40 bits per heavy atom. The Balaban J connectivity index is 2.15. The quantitative estimate of drug-likeness (QED) is 0.725. The summed E-state index contributed by atoms with van der Waals surface area (Å²) in [4.78, 5) is 11.3. The van der Waals surface area contributed by atoms with Crippen molar-refractivity contribution < 1.29 is 9.90 Å². The summed E-state index contributed by atoms with van der Waals surface area (Å²) in [5.41, 5.74) is 7.23. The summed E-state index contributed by atoms with van der Waals surface area (Å²) in [7, 11) is 0. The molecular weight excluding hydrogens is 272 g/mol. The van der Waals surface area contributed by atoms with Crippen molar-refractivity contribution in [2.75, 3.05) is 23.9 Å². The zero-order valence-electron chi connectivity index (χ0n) is 11.8. The molecule has 0 saturated heterocycles. The van der Waals surface area contributed by atoms with Crippen molar-refractivity contribution in [3.05, 3.63) is 23.8 Å². The second-order valence-corrected chi connectivity index (χ2v) is 6.65. The number of thioether (sulfide) groups is 1. The molecule has 1 aromatic carbocycles. The summed E-state index contributed by atoms with van der Waals surface area (Å²) in [6.07, 6.45) is 8.29. The van der Waals surface area contributed by atoms with E-state index in [1.165, 1.54) is 32.1 Å². The number of nitrogen functional groups attached to an aromatic ring is 1. The van der Waals surface area contributed by atoms with E-state index in [2.05, 4.69) is 11.6 Å². The van der Waals surface area contributed by atoms with Gasteiger partial charge in [-0.1, -0.05) is 25.3 Å². The number of hydrogen-bond donors (Lipinski definition) is 3. The Hall–Kier alpha value is -1.36. The van der Waals surface area contributed by atoms with Crippen molar-refractivity contribution in [1.29, 1.82) is 0 Å². The average Bonchev–Trinajstić information content (AvgIpc) is 2.46. The third-order valence-electron chi connectivity index (χ3n) is 4.11. The lowest BCUT2D eigenvalue weighted by atomic mass is 9.88. The second kappa shape index (κ2) is 6.39. The molecular formula is C15H22N2O2S. The molecule has 0 atom stereocenters. The van der Waals surface area contributed by atoms with E-state index in [0.717, 1.165) is 6.54 Å². The standard InChI is InChI=1S/C15H22N2O2S/c1-20-15(8-3-2-4-9-15)10-17-13-11(14(18)19)6-5-7-12(13)16/h5-7,17H,2-4,8-10,16H2,1H3,(H,18,19). The molecule has 0 radical (unpaired) electrons. The third kappa shape index (κ3) is 3.20. The normalized spacial score (nSPS) is 17.6. The van der Waals surface area contributed by atoms with Gasteiger partial charge < -0.3 is 16.2 Å². The van der Waals surface area contributed by atoms with Crippen molar-refractivity contribution in [1.82, 2.24) is 0 Å². The number of rotatable bonds is 5. The molecule has 0 aliphatic heterocycles. The number of para-hydroxylation sites is 1. The zero-order valence-corrected chi connectivity index (χ0v) is 12.6. The molecule has 5 heteroatoms. The molecule has 0 amide bonds. The van der Waals surface area contributed by atoms with Crippen molar-refractivity contribution in [3.8, 4) is 0 Å². The summed E-state index contributed by atoms with van der Waals surface area (Å²) in [5, 5.41) is 12.5. The van der Waals surface area contributed by atoms with Crippen LogP contribution in [0.3, 0.4) is 0 Å². The zero-order chi connectivity index (χ0) is 14.6. The molecule has 0 unspecified atom stereocenters. The first-order valence-corrected chi connectivity index (χ1v) is 8.21. The number of carboxylic acid groups (broad SMARTS) is 1.